The number of benzene rings is 3. The summed E-state index contributed by atoms with van der Waals surface area (Å²) in [4.78, 5) is 25.4. The Morgan fingerprint density at radius 2 is 1.97 bits per heavy atom. The molecule has 1 aliphatic rings. The fourth-order valence-corrected chi connectivity index (χ4v) is 3.86. The van der Waals surface area contributed by atoms with E-state index in [1.165, 1.54) is 0 Å². The molecule has 0 saturated carbocycles. The van der Waals surface area contributed by atoms with Gasteiger partial charge in [0, 0.05) is 17.4 Å². The Labute approximate surface area is 172 Å². The lowest BCUT2D eigenvalue weighted by molar-refractivity contribution is 0.0252. The van der Waals surface area contributed by atoms with Gasteiger partial charge in [0.1, 0.15) is 6.10 Å². The number of ether oxygens (including phenoxy) is 1. The van der Waals surface area contributed by atoms with Crippen molar-refractivity contribution in [2.24, 2.45) is 0 Å². The molecule has 1 aromatic heterocycles. The highest BCUT2D eigenvalue weighted by Gasteiger charge is 2.28. The number of aromatic amines is 1. The Morgan fingerprint density at radius 1 is 1.13 bits per heavy atom. The van der Waals surface area contributed by atoms with Crippen LogP contribution in [0, 0.1) is 6.92 Å². The van der Waals surface area contributed by atoms with Crippen LogP contribution >= 0.6 is 0 Å². The van der Waals surface area contributed by atoms with Crippen molar-refractivity contribution in [1.29, 1.82) is 0 Å². The van der Waals surface area contributed by atoms with E-state index in [1.807, 2.05) is 49.4 Å². The van der Waals surface area contributed by atoms with Crippen LogP contribution in [-0.4, -0.2) is 22.1 Å². The van der Waals surface area contributed by atoms with Gasteiger partial charge in [-0.3, -0.25) is 9.89 Å². The minimum absolute atomic E-state index is 0.243. The molecule has 0 bridgehead atoms. The molecule has 3 aromatic carbocycles. The van der Waals surface area contributed by atoms with E-state index in [2.05, 4.69) is 15.5 Å². The van der Waals surface area contributed by atoms with Crippen LogP contribution in [-0.2, 0) is 11.2 Å². The third-order valence-corrected chi connectivity index (χ3v) is 5.50. The lowest BCUT2D eigenvalue weighted by Crippen LogP contribution is -2.23. The van der Waals surface area contributed by atoms with E-state index in [0.29, 0.717) is 23.2 Å². The smallest absolute Gasteiger partial charge is 0.339 e. The summed E-state index contributed by atoms with van der Waals surface area (Å²) < 4.78 is 5.59. The molecule has 0 saturated heterocycles. The quantitative estimate of drug-likeness (QED) is 0.496. The van der Waals surface area contributed by atoms with Crippen LogP contribution < -0.4 is 5.32 Å². The second-order valence-electron chi connectivity index (χ2n) is 7.42. The molecule has 6 nitrogen and oxygen atoms in total. The Bertz CT molecular complexity index is 1280. The summed E-state index contributed by atoms with van der Waals surface area (Å²) in [6.45, 7) is 2.00. The van der Waals surface area contributed by atoms with Crippen LogP contribution in [0.1, 0.15) is 43.5 Å². The summed E-state index contributed by atoms with van der Waals surface area (Å²) in [7, 11) is 0. The molecule has 2 N–H and O–H groups in total. The van der Waals surface area contributed by atoms with Crippen LogP contribution in [0.3, 0.4) is 0 Å². The number of anilines is 1. The van der Waals surface area contributed by atoms with E-state index in [9.17, 15) is 9.59 Å². The van der Waals surface area contributed by atoms with Gasteiger partial charge in [-0.2, -0.15) is 5.10 Å². The fraction of sp³-hybridized carbons (Fsp3) is 0.125. The molecule has 2 heterocycles. The Balaban J connectivity index is 1.44. The summed E-state index contributed by atoms with van der Waals surface area (Å²) in [6, 6.07) is 18.5. The van der Waals surface area contributed by atoms with Gasteiger partial charge in [-0.1, -0.05) is 36.4 Å². The standard InChI is InChI=1S/C24H19N3O3/c1-14-7-10-20(22-19(14)13-25-27-22)26-23(28)16-8-9-18-17(11-16)12-21(30-24(18)29)15-5-3-2-4-6-15/h2-11,13,21H,12H2,1H3,(H,25,27)(H,26,28). The Hall–Kier alpha value is -3.93. The number of amides is 1. The number of hydrogen-bond acceptors (Lipinski definition) is 4. The fourth-order valence-electron chi connectivity index (χ4n) is 3.86. The number of esters is 1. The van der Waals surface area contributed by atoms with E-state index >= 15 is 0 Å². The van der Waals surface area contributed by atoms with Crippen molar-refractivity contribution in [2.75, 3.05) is 5.32 Å². The molecule has 6 heteroatoms. The molecule has 148 valence electrons. The maximum atomic E-state index is 12.9. The van der Waals surface area contributed by atoms with Crippen LogP contribution in [0.4, 0.5) is 5.69 Å². The van der Waals surface area contributed by atoms with Crippen molar-refractivity contribution >= 4 is 28.5 Å². The molecule has 0 aliphatic carbocycles. The molecule has 0 fully saturated rings. The van der Waals surface area contributed by atoms with Crippen LogP contribution in [0.25, 0.3) is 10.9 Å². The summed E-state index contributed by atoms with van der Waals surface area (Å²) in [5, 5.41) is 10.9. The van der Waals surface area contributed by atoms with Crippen molar-refractivity contribution in [2.45, 2.75) is 19.4 Å². The average molecular weight is 397 g/mol. The van der Waals surface area contributed by atoms with Gasteiger partial charge in [0.2, 0.25) is 0 Å². The number of cyclic esters (lactones) is 1. The number of carbonyl (C=O) groups excluding carboxylic acids is 2. The van der Waals surface area contributed by atoms with Crippen LogP contribution in [0.15, 0.2) is 66.9 Å². The molecular formula is C24H19N3O3. The zero-order valence-corrected chi connectivity index (χ0v) is 16.3. The molecule has 1 amide bonds. The topological polar surface area (TPSA) is 84.1 Å². The van der Waals surface area contributed by atoms with Crippen molar-refractivity contribution < 1.29 is 14.3 Å². The molecule has 1 aliphatic heterocycles. The van der Waals surface area contributed by atoms with Gasteiger partial charge >= 0.3 is 5.97 Å². The predicted octanol–water partition coefficient (Wildman–Crippen LogP) is 4.58. The van der Waals surface area contributed by atoms with Gasteiger partial charge < -0.3 is 10.1 Å². The predicted molar refractivity (Wildman–Crippen MR) is 114 cm³/mol. The zero-order chi connectivity index (χ0) is 20.7. The number of carbonyl (C=O) groups is 2. The normalized spacial score (nSPS) is 15.5. The first-order chi connectivity index (χ1) is 14.6. The highest BCUT2D eigenvalue weighted by atomic mass is 16.5. The SMILES string of the molecule is Cc1ccc(NC(=O)c2ccc3c(c2)CC(c2ccccc2)OC3=O)c2[nH]ncc12. The number of nitrogens with zero attached hydrogens (tertiary/aromatic N) is 1. The first-order valence-electron chi connectivity index (χ1n) is 9.73. The Kier molecular flexibility index (Phi) is 4.32. The molecule has 5 rings (SSSR count). The van der Waals surface area contributed by atoms with Gasteiger partial charge in [0.25, 0.3) is 5.91 Å². The third kappa shape index (κ3) is 3.12. The van der Waals surface area contributed by atoms with Gasteiger partial charge in [0.05, 0.1) is 23.0 Å². The van der Waals surface area contributed by atoms with E-state index in [0.717, 1.165) is 27.6 Å². The molecule has 0 radical (unpaired) electrons. The first kappa shape index (κ1) is 18.1. The monoisotopic (exact) mass is 397 g/mol. The summed E-state index contributed by atoms with van der Waals surface area (Å²) in [5.41, 5.74) is 5.27. The number of fused-ring (bicyclic) bond motifs is 2. The minimum atomic E-state index is -0.366. The number of aryl methyl sites for hydroxylation is 1. The van der Waals surface area contributed by atoms with Crippen molar-refractivity contribution in [3.8, 4) is 0 Å². The summed E-state index contributed by atoms with van der Waals surface area (Å²) >= 11 is 0. The van der Waals surface area contributed by atoms with E-state index in [1.54, 1.807) is 24.4 Å². The zero-order valence-electron chi connectivity index (χ0n) is 16.3. The van der Waals surface area contributed by atoms with Gasteiger partial charge in [0.15, 0.2) is 0 Å². The minimum Gasteiger partial charge on any atom is -0.454 e. The number of hydrogen-bond donors (Lipinski definition) is 2. The molecule has 0 spiro atoms. The van der Waals surface area contributed by atoms with Gasteiger partial charge in [-0.05, 0) is 47.9 Å². The van der Waals surface area contributed by atoms with Crippen molar-refractivity contribution in [3.05, 3.63) is 94.7 Å². The van der Waals surface area contributed by atoms with Gasteiger partial charge in [-0.25, -0.2) is 4.79 Å². The molecule has 4 aromatic rings. The first-order valence-corrected chi connectivity index (χ1v) is 9.73. The second kappa shape index (κ2) is 7.15. The molecule has 1 unspecified atom stereocenters. The average Bonchev–Trinajstić information content (AvgIpc) is 3.27. The lowest BCUT2D eigenvalue weighted by atomic mass is 9.93. The molecule has 1 atom stereocenters. The van der Waals surface area contributed by atoms with Gasteiger partial charge in [-0.15, -0.1) is 0 Å². The Morgan fingerprint density at radius 3 is 2.80 bits per heavy atom. The highest BCUT2D eigenvalue weighted by Crippen LogP contribution is 2.31. The number of H-pyrrole nitrogens is 1. The maximum Gasteiger partial charge on any atom is 0.339 e. The van der Waals surface area contributed by atoms with E-state index in [4.69, 9.17) is 4.74 Å². The number of rotatable bonds is 3. The van der Waals surface area contributed by atoms with Crippen LogP contribution in [0.2, 0.25) is 0 Å². The lowest BCUT2D eigenvalue weighted by Gasteiger charge is -2.25. The van der Waals surface area contributed by atoms with Crippen molar-refractivity contribution in [3.63, 3.8) is 0 Å². The maximum absolute atomic E-state index is 12.9. The van der Waals surface area contributed by atoms with E-state index in [-0.39, 0.29) is 18.0 Å². The largest absolute Gasteiger partial charge is 0.454 e. The number of aromatic nitrogens is 2. The molecular weight excluding hydrogens is 378 g/mol. The second-order valence-corrected chi connectivity index (χ2v) is 7.42. The summed E-state index contributed by atoms with van der Waals surface area (Å²) in [6.07, 6.45) is 1.92. The molecule has 30 heavy (non-hydrogen) atoms. The van der Waals surface area contributed by atoms with E-state index < -0.39 is 0 Å². The highest BCUT2D eigenvalue weighted by molar-refractivity contribution is 6.09. The summed E-state index contributed by atoms with van der Waals surface area (Å²) in [5.74, 6) is -0.609. The van der Waals surface area contributed by atoms with Crippen LogP contribution in [0.5, 0.6) is 0 Å². The number of nitrogens with one attached hydrogen (secondary N) is 2. The van der Waals surface area contributed by atoms with Crippen molar-refractivity contribution in [1.82, 2.24) is 10.2 Å². The third-order valence-electron chi connectivity index (χ3n) is 5.50.